The molecule has 0 saturated carbocycles. The van der Waals surface area contributed by atoms with Gasteiger partial charge in [0.15, 0.2) is 0 Å². The zero-order valence-corrected chi connectivity index (χ0v) is 7.39. The van der Waals surface area contributed by atoms with Gasteiger partial charge in [0, 0.05) is 13.0 Å². The first-order chi connectivity index (χ1) is 5.31. The summed E-state index contributed by atoms with van der Waals surface area (Å²) in [6.45, 7) is 4.89. The summed E-state index contributed by atoms with van der Waals surface area (Å²) >= 11 is 0. The van der Waals surface area contributed by atoms with E-state index in [4.69, 9.17) is 0 Å². The van der Waals surface area contributed by atoms with Crippen LogP contribution in [0.4, 0.5) is 0 Å². The Labute approximate surface area is 68.7 Å². The SMILES string of the molecule is CCC=CCC(=O)NCCC. The molecule has 0 saturated heterocycles. The summed E-state index contributed by atoms with van der Waals surface area (Å²) in [6, 6.07) is 0. The topological polar surface area (TPSA) is 29.1 Å². The van der Waals surface area contributed by atoms with Crippen LogP contribution in [0.25, 0.3) is 0 Å². The molecule has 64 valence electrons. The summed E-state index contributed by atoms with van der Waals surface area (Å²) < 4.78 is 0. The molecule has 0 aromatic carbocycles. The van der Waals surface area contributed by atoms with Gasteiger partial charge in [0.05, 0.1) is 0 Å². The van der Waals surface area contributed by atoms with Crippen LogP contribution in [0, 0.1) is 0 Å². The number of amides is 1. The number of hydrogen-bond donors (Lipinski definition) is 1. The molecule has 0 heterocycles. The lowest BCUT2D eigenvalue weighted by atomic mass is 10.3. The van der Waals surface area contributed by atoms with Crippen molar-refractivity contribution < 1.29 is 4.79 Å². The van der Waals surface area contributed by atoms with Crippen molar-refractivity contribution in [3.05, 3.63) is 12.2 Å². The van der Waals surface area contributed by atoms with Gasteiger partial charge in [0.1, 0.15) is 0 Å². The molecule has 0 aromatic heterocycles. The van der Waals surface area contributed by atoms with Crippen LogP contribution < -0.4 is 5.32 Å². The minimum atomic E-state index is 0.122. The first-order valence-corrected chi connectivity index (χ1v) is 4.23. The van der Waals surface area contributed by atoms with Crippen LogP contribution in [-0.2, 0) is 4.79 Å². The second kappa shape index (κ2) is 7.32. The highest BCUT2D eigenvalue weighted by Gasteiger charge is 1.93. The lowest BCUT2D eigenvalue weighted by Gasteiger charge is -1.98. The Morgan fingerprint density at radius 1 is 1.36 bits per heavy atom. The van der Waals surface area contributed by atoms with Gasteiger partial charge in [-0.15, -0.1) is 0 Å². The lowest BCUT2D eigenvalue weighted by Crippen LogP contribution is -2.22. The zero-order valence-electron chi connectivity index (χ0n) is 7.39. The van der Waals surface area contributed by atoms with Gasteiger partial charge in [0.25, 0.3) is 0 Å². The quantitative estimate of drug-likeness (QED) is 0.603. The van der Waals surface area contributed by atoms with Crippen molar-refractivity contribution in [3.63, 3.8) is 0 Å². The maximum atomic E-state index is 10.9. The molecule has 0 spiro atoms. The van der Waals surface area contributed by atoms with Crippen LogP contribution in [0.2, 0.25) is 0 Å². The van der Waals surface area contributed by atoms with E-state index in [1.54, 1.807) is 0 Å². The summed E-state index contributed by atoms with van der Waals surface area (Å²) in [4.78, 5) is 10.9. The minimum absolute atomic E-state index is 0.122. The number of allylic oxidation sites excluding steroid dienone is 1. The van der Waals surface area contributed by atoms with Crippen molar-refractivity contribution >= 4 is 5.91 Å². The third kappa shape index (κ3) is 7.10. The van der Waals surface area contributed by atoms with E-state index in [0.717, 1.165) is 19.4 Å². The number of rotatable bonds is 5. The second-order valence-corrected chi connectivity index (χ2v) is 2.43. The molecule has 0 aromatic rings. The van der Waals surface area contributed by atoms with Crippen LogP contribution in [0.5, 0.6) is 0 Å². The van der Waals surface area contributed by atoms with Gasteiger partial charge >= 0.3 is 0 Å². The first-order valence-electron chi connectivity index (χ1n) is 4.23. The normalized spacial score (nSPS) is 10.4. The van der Waals surface area contributed by atoms with E-state index in [0.29, 0.717) is 6.42 Å². The van der Waals surface area contributed by atoms with Crippen molar-refractivity contribution in [2.24, 2.45) is 0 Å². The Morgan fingerprint density at radius 2 is 2.09 bits per heavy atom. The van der Waals surface area contributed by atoms with E-state index in [-0.39, 0.29) is 5.91 Å². The molecule has 1 N–H and O–H groups in total. The van der Waals surface area contributed by atoms with Gasteiger partial charge in [-0.1, -0.05) is 26.0 Å². The van der Waals surface area contributed by atoms with Crippen LogP contribution in [0.15, 0.2) is 12.2 Å². The van der Waals surface area contributed by atoms with Gasteiger partial charge < -0.3 is 5.32 Å². The molecule has 1 amide bonds. The number of carbonyl (C=O) groups excluding carboxylic acids is 1. The van der Waals surface area contributed by atoms with Gasteiger partial charge in [-0.05, 0) is 12.8 Å². The summed E-state index contributed by atoms with van der Waals surface area (Å²) in [6.07, 6.45) is 6.44. The number of carbonyl (C=O) groups is 1. The average molecular weight is 155 g/mol. The largest absolute Gasteiger partial charge is 0.356 e. The molecule has 0 aliphatic carbocycles. The second-order valence-electron chi connectivity index (χ2n) is 2.43. The van der Waals surface area contributed by atoms with Crippen molar-refractivity contribution in [2.75, 3.05) is 6.54 Å². The van der Waals surface area contributed by atoms with Gasteiger partial charge in [-0.25, -0.2) is 0 Å². The Bertz CT molecular complexity index is 130. The third-order valence-corrected chi connectivity index (χ3v) is 1.28. The molecule has 11 heavy (non-hydrogen) atoms. The van der Waals surface area contributed by atoms with Gasteiger partial charge in [-0.3, -0.25) is 4.79 Å². The van der Waals surface area contributed by atoms with Crippen molar-refractivity contribution in [1.29, 1.82) is 0 Å². The summed E-state index contributed by atoms with van der Waals surface area (Å²) in [5.74, 6) is 0.122. The molecule has 0 bridgehead atoms. The molecular formula is C9H17NO. The van der Waals surface area contributed by atoms with Crippen molar-refractivity contribution in [1.82, 2.24) is 5.32 Å². The fourth-order valence-corrected chi connectivity index (χ4v) is 0.694. The first kappa shape index (κ1) is 10.2. The predicted octanol–water partition coefficient (Wildman–Crippen LogP) is 1.87. The van der Waals surface area contributed by atoms with Gasteiger partial charge in [-0.2, -0.15) is 0 Å². The Morgan fingerprint density at radius 3 is 2.64 bits per heavy atom. The molecule has 2 heteroatoms. The van der Waals surface area contributed by atoms with Gasteiger partial charge in [0.2, 0.25) is 5.91 Å². The van der Waals surface area contributed by atoms with Crippen LogP contribution in [0.3, 0.4) is 0 Å². The maximum absolute atomic E-state index is 10.9. The highest BCUT2D eigenvalue weighted by atomic mass is 16.1. The third-order valence-electron chi connectivity index (χ3n) is 1.28. The van der Waals surface area contributed by atoms with Crippen LogP contribution in [-0.4, -0.2) is 12.5 Å². The molecule has 0 atom stereocenters. The smallest absolute Gasteiger partial charge is 0.223 e. The van der Waals surface area contributed by atoms with E-state index in [2.05, 4.69) is 12.2 Å². The zero-order chi connectivity index (χ0) is 8.53. The Balaban J connectivity index is 3.29. The molecule has 2 nitrogen and oxygen atoms in total. The standard InChI is InChI=1S/C9H17NO/c1-3-5-6-7-9(11)10-8-4-2/h5-6H,3-4,7-8H2,1-2H3,(H,10,11). The summed E-state index contributed by atoms with van der Waals surface area (Å²) in [7, 11) is 0. The molecule has 0 fully saturated rings. The van der Waals surface area contributed by atoms with Crippen molar-refractivity contribution in [2.45, 2.75) is 33.1 Å². The fraction of sp³-hybridized carbons (Fsp3) is 0.667. The summed E-state index contributed by atoms with van der Waals surface area (Å²) in [5.41, 5.74) is 0. The molecule has 0 aliphatic rings. The number of nitrogens with one attached hydrogen (secondary N) is 1. The molecule has 0 rings (SSSR count). The Kier molecular flexibility index (Phi) is 6.79. The minimum Gasteiger partial charge on any atom is -0.356 e. The highest BCUT2D eigenvalue weighted by molar-refractivity contribution is 5.77. The van der Waals surface area contributed by atoms with Crippen LogP contribution in [0.1, 0.15) is 33.1 Å². The fourth-order valence-electron chi connectivity index (χ4n) is 0.694. The molecule has 0 unspecified atom stereocenters. The Hall–Kier alpha value is -0.790. The monoisotopic (exact) mass is 155 g/mol. The van der Waals surface area contributed by atoms with E-state index in [1.165, 1.54) is 0 Å². The highest BCUT2D eigenvalue weighted by Crippen LogP contribution is 1.86. The molecule has 0 radical (unpaired) electrons. The van der Waals surface area contributed by atoms with Crippen molar-refractivity contribution in [3.8, 4) is 0 Å². The summed E-state index contributed by atoms with van der Waals surface area (Å²) in [5, 5.41) is 2.80. The van der Waals surface area contributed by atoms with E-state index < -0.39 is 0 Å². The number of hydrogen-bond acceptors (Lipinski definition) is 1. The molecular weight excluding hydrogens is 138 g/mol. The van der Waals surface area contributed by atoms with Crippen LogP contribution >= 0.6 is 0 Å². The van der Waals surface area contributed by atoms with E-state index in [9.17, 15) is 4.79 Å². The predicted molar refractivity (Wildman–Crippen MR) is 47.3 cm³/mol. The lowest BCUT2D eigenvalue weighted by molar-refractivity contribution is -0.120. The molecule has 0 aliphatic heterocycles. The maximum Gasteiger partial charge on any atom is 0.223 e. The van der Waals surface area contributed by atoms with E-state index >= 15 is 0 Å². The average Bonchev–Trinajstić information content (AvgIpc) is 2.01. The van der Waals surface area contributed by atoms with E-state index in [1.807, 2.05) is 19.1 Å².